The van der Waals surface area contributed by atoms with E-state index < -0.39 is 5.97 Å². The molecule has 2 aromatic rings. The first-order chi connectivity index (χ1) is 9.58. The van der Waals surface area contributed by atoms with E-state index in [0.717, 1.165) is 31.2 Å². The van der Waals surface area contributed by atoms with E-state index in [1.54, 1.807) is 6.07 Å². The van der Waals surface area contributed by atoms with Gasteiger partial charge in [-0.3, -0.25) is 5.10 Å². The third-order valence-corrected chi connectivity index (χ3v) is 3.97. The van der Waals surface area contributed by atoms with E-state index in [4.69, 9.17) is 5.11 Å². The Kier molecular flexibility index (Phi) is 2.97. The number of phenols is 1. The molecule has 20 heavy (non-hydrogen) atoms. The average Bonchev–Trinajstić information content (AvgIpc) is 2.88. The van der Waals surface area contributed by atoms with E-state index in [2.05, 4.69) is 10.2 Å². The number of carbonyl (C=O) groups is 1. The predicted molar refractivity (Wildman–Crippen MR) is 74.0 cm³/mol. The molecular weight excluding hydrogens is 256 g/mol. The largest absolute Gasteiger partial charge is 0.507 e. The third kappa shape index (κ3) is 1.95. The van der Waals surface area contributed by atoms with Gasteiger partial charge in [0.2, 0.25) is 0 Å². The minimum absolute atomic E-state index is 0.0246. The van der Waals surface area contributed by atoms with Crippen LogP contribution in [-0.4, -0.2) is 26.4 Å². The Balaban J connectivity index is 2.15. The molecule has 0 spiro atoms. The van der Waals surface area contributed by atoms with E-state index in [1.165, 1.54) is 17.2 Å². The number of carboxylic acids is 1. The molecule has 1 aliphatic rings. The number of hydrogen-bond donors (Lipinski definition) is 3. The molecule has 5 heteroatoms. The van der Waals surface area contributed by atoms with Crippen molar-refractivity contribution in [1.82, 2.24) is 10.2 Å². The number of rotatable bonds is 2. The molecule has 0 fully saturated rings. The van der Waals surface area contributed by atoms with Crippen molar-refractivity contribution in [2.45, 2.75) is 32.6 Å². The summed E-state index contributed by atoms with van der Waals surface area (Å²) < 4.78 is 0. The molecule has 1 heterocycles. The number of aryl methyl sites for hydroxylation is 1. The van der Waals surface area contributed by atoms with Gasteiger partial charge in [-0.1, -0.05) is 0 Å². The molecule has 0 saturated carbocycles. The number of benzene rings is 1. The first-order valence-electron chi connectivity index (χ1n) is 6.71. The normalized spacial score (nSPS) is 14.1. The van der Waals surface area contributed by atoms with Crippen LogP contribution >= 0.6 is 0 Å². The van der Waals surface area contributed by atoms with E-state index >= 15 is 0 Å². The molecule has 0 unspecified atom stereocenters. The quantitative estimate of drug-likeness (QED) is 0.784. The van der Waals surface area contributed by atoms with Gasteiger partial charge in [0.05, 0.1) is 5.69 Å². The number of carboxylic acid groups (broad SMARTS) is 1. The molecule has 1 aromatic carbocycles. The van der Waals surface area contributed by atoms with Crippen molar-refractivity contribution < 1.29 is 15.0 Å². The van der Waals surface area contributed by atoms with Crippen molar-refractivity contribution in [3.63, 3.8) is 0 Å². The molecule has 0 amide bonds. The minimum atomic E-state index is -1.06. The van der Waals surface area contributed by atoms with Crippen molar-refractivity contribution in [2.24, 2.45) is 0 Å². The van der Waals surface area contributed by atoms with Crippen LogP contribution in [0.25, 0.3) is 11.3 Å². The van der Waals surface area contributed by atoms with E-state index in [-0.39, 0.29) is 11.4 Å². The van der Waals surface area contributed by atoms with Crippen LogP contribution < -0.4 is 0 Å². The lowest BCUT2D eigenvalue weighted by atomic mass is 9.85. The minimum Gasteiger partial charge on any atom is -0.507 e. The Bertz CT molecular complexity index is 689. The second kappa shape index (κ2) is 4.67. The summed E-state index contributed by atoms with van der Waals surface area (Å²) in [5, 5.41) is 25.7. The van der Waals surface area contributed by atoms with Crippen LogP contribution in [0.3, 0.4) is 0 Å². The maximum absolute atomic E-state index is 10.9. The van der Waals surface area contributed by atoms with Gasteiger partial charge in [-0.05, 0) is 61.4 Å². The summed E-state index contributed by atoms with van der Waals surface area (Å²) in [5.74, 6) is -0.884. The summed E-state index contributed by atoms with van der Waals surface area (Å²) in [6.07, 6.45) is 4.30. The number of aromatic hydroxyl groups is 1. The summed E-state index contributed by atoms with van der Waals surface area (Å²) >= 11 is 0. The van der Waals surface area contributed by atoms with Gasteiger partial charge in [-0.2, -0.15) is 5.10 Å². The Morgan fingerprint density at radius 2 is 2.05 bits per heavy atom. The van der Waals surface area contributed by atoms with Crippen molar-refractivity contribution in [1.29, 1.82) is 0 Å². The maximum Gasteiger partial charge on any atom is 0.353 e. The molecule has 0 saturated heterocycles. The monoisotopic (exact) mass is 272 g/mol. The number of aromatic nitrogens is 2. The van der Waals surface area contributed by atoms with Gasteiger partial charge in [0.1, 0.15) is 11.4 Å². The second-order valence-electron chi connectivity index (χ2n) is 5.21. The average molecular weight is 272 g/mol. The van der Waals surface area contributed by atoms with Crippen molar-refractivity contribution in [3.05, 3.63) is 34.5 Å². The van der Waals surface area contributed by atoms with Gasteiger partial charge in [-0.25, -0.2) is 4.79 Å². The summed E-state index contributed by atoms with van der Waals surface area (Å²) in [6.45, 7) is 1.97. The number of hydrogen-bond acceptors (Lipinski definition) is 3. The molecule has 0 bridgehead atoms. The third-order valence-electron chi connectivity index (χ3n) is 3.97. The fourth-order valence-corrected chi connectivity index (χ4v) is 2.98. The van der Waals surface area contributed by atoms with Gasteiger partial charge in [0.25, 0.3) is 0 Å². The molecule has 3 N–H and O–H groups in total. The van der Waals surface area contributed by atoms with Crippen LogP contribution in [0.2, 0.25) is 0 Å². The zero-order valence-electron chi connectivity index (χ0n) is 11.2. The van der Waals surface area contributed by atoms with E-state index in [0.29, 0.717) is 11.3 Å². The number of nitrogens with zero attached hydrogens (tertiary/aromatic N) is 1. The predicted octanol–water partition coefficient (Wildman–Crippen LogP) is 2.67. The molecular formula is C15H16N2O3. The first-order valence-corrected chi connectivity index (χ1v) is 6.71. The molecule has 104 valence electrons. The van der Waals surface area contributed by atoms with E-state index in [9.17, 15) is 9.90 Å². The SMILES string of the molecule is Cc1c2c(cc(O)c1-c1cc(C(=O)O)[nH]n1)CCCC2. The number of aromatic carboxylic acids is 1. The Morgan fingerprint density at radius 1 is 1.30 bits per heavy atom. The highest BCUT2D eigenvalue weighted by molar-refractivity contribution is 5.87. The first kappa shape index (κ1) is 12.7. The van der Waals surface area contributed by atoms with Crippen molar-refractivity contribution in [3.8, 4) is 17.0 Å². The van der Waals surface area contributed by atoms with Crippen LogP contribution in [0.5, 0.6) is 5.75 Å². The highest BCUT2D eigenvalue weighted by Crippen LogP contribution is 2.38. The number of fused-ring (bicyclic) bond motifs is 1. The molecule has 1 aromatic heterocycles. The highest BCUT2D eigenvalue weighted by atomic mass is 16.4. The van der Waals surface area contributed by atoms with Gasteiger partial charge in [0.15, 0.2) is 0 Å². The van der Waals surface area contributed by atoms with Crippen LogP contribution in [0, 0.1) is 6.92 Å². The number of nitrogens with one attached hydrogen (secondary N) is 1. The number of aromatic amines is 1. The lowest BCUT2D eigenvalue weighted by Gasteiger charge is -2.20. The Labute approximate surface area is 116 Å². The van der Waals surface area contributed by atoms with Gasteiger partial charge in [-0.15, -0.1) is 0 Å². The molecule has 1 aliphatic carbocycles. The second-order valence-corrected chi connectivity index (χ2v) is 5.21. The summed E-state index contributed by atoms with van der Waals surface area (Å²) in [4.78, 5) is 10.9. The summed E-state index contributed by atoms with van der Waals surface area (Å²) in [6, 6.07) is 3.26. The Morgan fingerprint density at radius 3 is 2.75 bits per heavy atom. The topological polar surface area (TPSA) is 86.2 Å². The number of H-pyrrole nitrogens is 1. The van der Waals surface area contributed by atoms with Gasteiger partial charge in [0, 0.05) is 5.56 Å². The van der Waals surface area contributed by atoms with Crippen molar-refractivity contribution in [2.75, 3.05) is 0 Å². The molecule has 0 atom stereocenters. The smallest absolute Gasteiger partial charge is 0.353 e. The number of phenolic OH excluding ortho intramolecular Hbond substituents is 1. The maximum atomic E-state index is 10.9. The molecule has 3 rings (SSSR count). The summed E-state index contributed by atoms with van der Waals surface area (Å²) in [5.41, 5.74) is 4.60. The fourth-order valence-electron chi connectivity index (χ4n) is 2.98. The van der Waals surface area contributed by atoms with Crippen LogP contribution in [0.4, 0.5) is 0 Å². The zero-order valence-corrected chi connectivity index (χ0v) is 11.2. The van der Waals surface area contributed by atoms with Gasteiger partial charge < -0.3 is 10.2 Å². The van der Waals surface area contributed by atoms with Crippen LogP contribution in [0.1, 0.15) is 40.0 Å². The fraction of sp³-hybridized carbons (Fsp3) is 0.333. The van der Waals surface area contributed by atoms with Crippen molar-refractivity contribution >= 4 is 5.97 Å². The van der Waals surface area contributed by atoms with Gasteiger partial charge >= 0.3 is 5.97 Å². The zero-order chi connectivity index (χ0) is 14.3. The van der Waals surface area contributed by atoms with E-state index in [1.807, 2.05) is 6.92 Å². The molecule has 0 radical (unpaired) electrons. The standard InChI is InChI=1S/C15H16N2O3/c1-8-10-5-3-2-4-9(10)6-13(18)14(8)11-7-12(15(19)20)17-16-11/h6-7,18H,2-5H2,1H3,(H,16,17)(H,19,20). The molecule has 0 aliphatic heterocycles. The van der Waals surface area contributed by atoms with Crippen LogP contribution in [0.15, 0.2) is 12.1 Å². The summed E-state index contributed by atoms with van der Waals surface area (Å²) in [7, 11) is 0. The lowest BCUT2D eigenvalue weighted by molar-refractivity contribution is 0.0690. The lowest BCUT2D eigenvalue weighted by Crippen LogP contribution is -2.06. The van der Waals surface area contributed by atoms with Crippen LogP contribution in [-0.2, 0) is 12.8 Å². The highest BCUT2D eigenvalue weighted by Gasteiger charge is 2.20. The molecule has 5 nitrogen and oxygen atoms in total. The Hall–Kier alpha value is -2.30.